The molecule has 1 aliphatic rings. The lowest BCUT2D eigenvalue weighted by atomic mass is 10.1. The number of carbonyl (C=O) groups excluding carboxylic acids is 1. The van der Waals surface area contributed by atoms with Gasteiger partial charge in [-0.3, -0.25) is 4.79 Å². The van der Waals surface area contributed by atoms with Crippen LogP contribution in [0.1, 0.15) is 24.8 Å². The molecule has 2 unspecified atom stereocenters. The van der Waals surface area contributed by atoms with Gasteiger partial charge in [0.05, 0.1) is 4.47 Å². The fourth-order valence-corrected chi connectivity index (χ4v) is 1.86. The molecule has 0 saturated heterocycles. The Kier molecular flexibility index (Phi) is 2.78. The third kappa shape index (κ3) is 2.37. The van der Waals surface area contributed by atoms with Crippen molar-refractivity contribution >= 4 is 21.9 Å². The van der Waals surface area contributed by atoms with Gasteiger partial charge in [0.1, 0.15) is 11.9 Å². The van der Waals surface area contributed by atoms with Gasteiger partial charge in [-0.05, 0) is 40.0 Å². The molecule has 0 radical (unpaired) electrons. The van der Waals surface area contributed by atoms with E-state index in [1.165, 1.54) is 13.0 Å². The van der Waals surface area contributed by atoms with Crippen molar-refractivity contribution in [1.29, 1.82) is 0 Å². The quantitative estimate of drug-likeness (QED) is 0.774. The lowest BCUT2D eigenvalue weighted by Crippen LogP contribution is -2.02. The maximum Gasteiger partial charge on any atom is 0.302 e. The largest absolute Gasteiger partial charge is 0.462 e. The van der Waals surface area contributed by atoms with Crippen LogP contribution < -0.4 is 0 Å². The normalized spacial score (nSPS) is 23.7. The highest BCUT2D eigenvalue weighted by atomic mass is 79.9. The molecule has 1 aliphatic carbocycles. The summed E-state index contributed by atoms with van der Waals surface area (Å²) in [4.78, 5) is 10.7. The molecule has 80 valence electrons. The van der Waals surface area contributed by atoms with E-state index < -0.39 is 0 Å². The maximum atomic E-state index is 13.2. The summed E-state index contributed by atoms with van der Waals surface area (Å²) in [6.07, 6.45) is 0.726. The summed E-state index contributed by atoms with van der Waals surface area (Å²) in [6.45, 7) is 1.39. The van der Waals surface area contributed by atoms with E-state index in [9.17, 15) is 9.18 Å². The van der Waals surface area contributed by atoms with E-state index in [4.69, 9.17) is 4.74 Å². The minimum Gasteiger partial charge on any atom is -0.462 e. The first-order valence-electron chi connectivity index (χ1n) is 4.70. The van der Waals surface area contributed by atoms with Crippen LogP contribution in [0.4, 0.5) is 4.39 Å². The summed E-state index contributed by atoms with van der Waals surface area (Å²) in [7, 11) is 0. The molecule has 2 nitrogen and oxygen atoms in total. The standard InChI is InChI=1S/C11H10BrFO2/c1-6(14)15-11-5-8(11)7-2-3-9(12)10(13)4-7/h2-4,8,11H,5H2,1H3. The second-order valence-electron chi connectivity index (χ2n) is 3.66. The third-order valence-corrected chi connectivity index (χ3v) is 3.06. The highest BCUT2D eigenvalue weighted by molar-refractivity contribution is 9.10. The van der Waals surface area contributed by atoms with Crippen LogP contribution in [0, 0.1) is 5.82 Å². The number of ether oxygens (including phenoxy) is 1. The highest BCUT2D eigenvalue weighted by Crippen LogP contribution is 2.43. The van der Waals surface area contributed by atoms with E-state index in [0.717, 1.165) is 12.0 Å². The Morgan fingerprint density at radius 1 is 1.60 bits per heavy atom. The average Bonchev–Trinajstić information content (AvgIpc) is 2.88. The maximum absolute atomic E-state index is 13.2. The van der Waals surface area contributed by atoms with Crippen molar-refractivity contribution in [1.82, 2.24) is 0 Å². The predicted molar refractivity (Wildman–Crippen MR) is 57.0 cm³/mol. The van der Waals surface area contributed by atoms with Gasteiger partial charge in [-0.2, -0.15) is 0 Å². The number of halogens is 2. The Morgan fingerprint density at radius 3 is 2.93 bits per heavy atom. The van der Waals surface area contributed by atoms with E-state index in [2.05, 4.69) is 15.9 Å². The molecule has 1 aromatic carbocycles. The molecule has 0 aliphatic heterocycles. The van der Waals surface area contributed by atoms with Crippen LogP contribution in [0.5, 0.6) is 0 Å². The number of hydrogen-bond donors (Lipinski definition) is 0. The Hall–Kier alpha value is -0.900. The van der Waals surface area contributed by atoms with E-state index in [0.29, 0.717) is 4.47 Å². The van der Waals surface area contributed by atoms with Gasteiger partial charge in [0.15, 0.2) is 0 Å². The predicted octanol–water partition coefficient (Wildman–Crippen LogP) is 3.01. The van der Waals surface area contributed by atoms with Crippen molar-refractivity contribution in [3.05, 3.63) is 34.1 Å². The molecule has 1 fully saturated rings. The van der Waals surface area contributed by atoms with Crippen molar-refractivity contribution in [2.45, 2.75) is 25.4 Å². The van der Waals surface area contributed by atoms with Gasteiger partial charge in [-0.15, -0.1) is 0 Å². The first-order chi connectivity index (χ1) is 7.08. The van der Waals surface area contributed by atoms with Crippen molar-refractivity contribution in [2.75, 3.05) is 0 Å². The van der Waals surface area contributed by atoms with Crippen LogP contribution >= 0.6 is 15.9 Å². The zero-order valence-corrected chi connectivity index (χ0v) is 9.75. The van der Waals surface area contributed by atoms with Gasteiger partial charge in [-0.25, -0.2) is 4.39 Å². The number of benzene rings is 1. The molecule has 0 aromatic heterocycles. The summed E-state index contributed by atoms with van der Waals surface area (Å²) in [5.74, 6) is -0.391. The van der Waals surface area contributed by atoms with Gasteiger partial charge in [0, 0.05) is 12.8 Å². The molecular weight excluding hydrogens is 263 g/mol. The molecule has 4 heteroatoms. The number of hydrogen-bond acceptors (Lipinski definition) is 2. The van der Waals surface area contributed by atoms with Gasteiger partial charge in [0.2, 0.25) is 0 Å². The van der Waals surface area contributed by atoms with Crippen LogP contribution in [0.15, 0.2) is 22.7 Å². The average molecular weight is 273 g/mol. The van der Waals surface area contributed by atoms with E-state index in [1.54, 1.807) is 6.07 Å². The lowest BCUT2D eigenvalue weighted by Gasteiger charge is -2.02. The van der Waals surface area contributed by atoms with Gasteiger partial charge >= 0.3 is 5.97 Å². The Balaban J connectivity index is 2.07. The van der Waals surface area contributed by atoms with Crippen LogP contribution in [0.2, 0.25) is 0 Å². The summed E-state index contributed by atoms with van der Waals surface area (Å²) in [6, 6.07) is 5.01. The second-order valence-corrected chi connectivity index (χ2v) is 4.52. The van der Waals surface area contributed by atoms with Gasteiger partial charge < -0.3 is 4.74 Å². The fraction of sp³-hybridized carbons (Fsp3) is 0.364. The SMILES string of the molecule is CC(=O)OC1CC1c1ccc(Br)c(F)c1. The molecular formula is C11H10BrFO2. The molecule has 15 heavy (non-hydrogen) atoms. The first kappa shape index (κ1) is 10.6. The van der Waals surface area contributed by atoms with Crippen LogP contribution in [-0.4, -0.2) is 12.1 Å². The van der Waals surface area contributed by atoms with Crippen LogP contribution in [0.25, 0.3) is 0 Å². The smallest absolute Gasteiger partial charge is 0.302 e. The fourth-order valence-electron chi connectivity index (χ4n) is 1.61. The van der Waals surface area contributed by atoms with Crippen LogP contribution in [0.3, 0.4) is 0 Å². The van der Waals surface area contributed by atoms with E-state index in [-0.39, 0.29) is 23.8 Å². The molecule has 0 N–H and O–H groups in total. The molecule has 0 heterocycles. The van der Waals surface area contributed by atoms with Gasteiger partial charge in [0.25, 0.3) is 0 Å². The molecule has 1 saturated carbocycles. The van der Waals surface area contributed by atoms with Crippen molar-refractivity contribution in [2.24, 2.45) is 0 Å². The number of carbonyl (C=O) groups is 1. The lowest BCUT2D eigenvalue weighted by molar-refractivity contribution is -0.142. The minimum absolute atomic E-state index is 0.0666. The van der Waals surface area contributed by atoms with Crippen molar-refractivity contribution in [3.8, 4) is 0 Å². The van der Waals surface area contributed by atoms with Gasteiger partial charge in [-0.1, -0.05) is 6.07 Å². The second kappa shape index (κ2) is 3.93. The Morgan fingerprint density at radius 2 is 2.33 bits per heavy atom. The van der Waals surface area contributed by atoms with E-state index >= 15 is 0 Å². The molecule has 0 spiro atoms. The van der Waals surface area contributed by atoms with Crippen molar-refractivity contribution in [3.63, 3.8) is 0 Å². The summed E-state index contributed by atoms with van der Waals surface area (Å²) < 4.78 is 18.7. The summed E-state index contributed by atoms with van der Waals surface area (Å²) >= 11 is 3.09. The molecule has 1 aromatic rings. The summed E-state index contributed by atoms with van der Waals surface area (Å²) in [5, 5.41) is 0. The third-order valence-electron chi connectivity index (χ3n) is 2.42. The molecule has 2 rings (SSSR count). The number of esters is 1. The minimum atomic E-state index is -0.278. The first-order valence-corrected chi connectivity index (χ1v) is 5.49. The monoisotopic (exact) mass is 272 g/mol. The molecule has 0 bridgehead atoms. The van der Waals surface area contributed by atoms with E-state index in [1.807, 2.05) is 6.07 Å². The number of rotatable bonds is 2. The topological polar surface area (TPSA) is 26.3 Å². The highest BCUT2D eigenvalue weighted by Gasteiger charge is 2.41. The zero-order chi connectivity index (χ0) is 11.0. The summed E-state index contributed by atoms with van der Waals surface area (Å²) in [5.41, 5.74) is 0.891. The van der Waals surface area contributed by atoms with Crippen LogP contribution in [-0.2, 0) is 9.53 Å². The molecule has 0 amide bonds. The Labute approximate surface area is 95.6 Å². The Bertz CT molecular complexity index is 406. The zero-order valence-electron chi connectivity index (χ0n) is 8.17. The van der Waals surface area contributed by atoms with Crippen molar-refractivity contribution < 1.29 is 13.9 Å². The molecule has 2 atom stereocenters.